The van der Waals surface area contributed by atoms with Crippen molar-refractivity contribution in [3.63, 3.8) is 0 Å². The molecular weight excluding hydrogens is 254 g/mol. The third kappa shape index (κ3) is 3.37. The quantitative estimate of drug-likeness (QED) is 0.430. The highest BCUT2D eigenvalue weighted by molar-refractivity contribution is 6.45. The molecule has 0 fully saturated rings. The SMILES string of the molecule is CCOc1c(Cl)cccc1N/N=C(\C#N)C(=N)N. The van der Waals surface area contributed by atoms with Gasteiger partial charge in [0.25, 0.3) is 0 Å². The number of nitriles is 1. The van der Waals surface area contributed by atoms with Crippen molar-refractivity contribution in [2.75, 3.05) is 12.0 Å². The Hall–Kier alpha value is -2.26. The van der Waals surface area contributed by atoms with Crippen LogP contribution < -0.4 is 15.9 Å². The molecule has 4 N–H and O–H groups in total. The lowest BCUT2D eigenvalue weighted by molar-refractivity contribution is 0.342. The summed E-state index contributed by atoms with van der Waals surface area (Å²) in [6.45, 7) is 2.27. The van der Waals surface area contributed by atoms with Crippen molar-refractivity contribution in [2.45, 2.75) is 6.92 Å². The number of anilines is 1. The van der Waals surface area contributed by atoms with E-state index in [-0.39, 0.29) is 5.71 Å². The maximum atomic E-state index is 8.70. The molecule has 0 aliphatic heterocycles. The summed E-state index contributed by atoms with van der Waals surface area (Å²) in [7, 11) is 0. The second-order valence-corrected chi connectivity index (χ2v) is 3.55. The number of rotatable bonds is 5. The van der Waals surface area contributed by atoms with Gasteiger partial charge in [0.2, 0.25) is 5.71 Å². The molecule has 0 aliphatic carbocycles. The van der Waals surface area contributed by atoms with Crippen LogP contribution in [0.1, 0.15) is 6.92 Å². The monoisotopic (exact) mass is 265 g/mol. The highest BCUT2D eigenvalue weighted by atomic mass is 35.5. The van der Waals surface area contributed by atoms with E-state index < -0.39 is 5.84 Å². The number of hydrogen-bond donors (Lipinski definition) is 3. The molecule has 0 spiro atoms. The zero-order chi connectivity index (χ0) is 13.5. The average Bonchev–Trinajstić information content (AvgIpc) is 2.33. The molecule has 0 atom stereocenters. The van der Waals surface area contributed by atoms with Gasteiger partial charge in [0, 0.05) is 0 Å². The Balaban J connectivity index is 3.01. The summed E-state index contributed by atoms with van der Waals surface area (Å²) in [5.41, 5.74) is 8.06. The first-order valence-corrected chi connectivity index (χ1v) is 5.47. The minimum absolute atomic E-state index is 0.211. The van der Waals surface area contributed by atoms with Crippen LogP contribution in [0.15, 0.2) is 23.3 Å². The maximum absolute atomic E-state index is 8.70. The van der Waals surface area contributed by atoms with E-state index in [4.69, 9.17) is 32.7 Å². The number of ether oxygens (including phenoxy) is 1. The van der Waals surface area contributed by atoms with E-state index in [0.717, 1.165) is 0 Å². The number of nitrogens with zero attached hydrogens (tertiary/aromatic N) is 2. The molecule has 1 aromatic carbocycles. The summed E-state index contributed by atoms with van der Waals surface area (Å²) in [6, 6.07) is 6.78. The summed E-state index contributed by atoms with van der Waals surface area (Å²) < 4.78 is 5.36. The topological polar surface area (TPSA) is 107 Å². The van der Waals surface area contributed by atoms with Crippen LogP contribution in [0, 0.1) is 16.7 Å². The van der Waals surface area contributed by atoms with Gasteiger partial charge in [-0.25, -0.2) is 0 Å². The normalized spacial score (nSPS) is 10.6. The van der Waals surface area contributed by atoms with Crippen LogP contribution in [0.5, 0.6) is 5.75 Å². The van der Waals surface area contributed by atoms with Crippen molar-refractivity contribution in [3.8, 4) is 11.8 Å². The van der Waals surface area contributed by atoms with E-state index in [0.29, 0.717) is 23.1 Å². The highest BCUT2D eigenvalue weighted by Crippen LogP contribution is 2.32. The molecule has 1 aromatic rings. The lowest BCUT2D eigenvalue weighted by atomic mass is 10.3. The van der Waals surface area contributed by atoms with Crippen LogP contribution in [-0.4, -0.2) is 18.2 Å². The second-order valence-electron chi connectivity index (χ2n) is 3.15. The van der Waals surface area contributed by atoms with E-state index >= 15 is 0 Å². The summed E-state index contributed by atoms with van der Waals surface area (Å²) in [4.78, 5) is 0. The van der Waals surface area contributed by atoms with Gasteiger partial charge in [-0.3, -0.25) is 10.8 Å². The summed E-state index contributed by atoms with van der Waals surface area (Å²) in [6.07, 6.45) is 0. The predicted molar refractivity (Wildman–Crippen MR) is 71.2 cm³/mol. The van der Waals surface area contributed by atoms with Crippen LogP contribution in [0.3, 0.4) is 0 Å². The maximum Gasteiger partial charge on any atom is 0.201 e. The molecule has 0 radical (unpaired) electrons. The molecule has 18 heavy (non-hydrogen) atoms. The number of hydrazone groups is 1. The number of hydrogen-bond acceptors (Lipinski definition) is 5. The van der Waals surface area contributed by atoms with Crippen molar-refractivity contribution in [3.05, 3.63) is 23.2 Å². The van der Waals surface area contributed by atoms with Crippen molar-refractivity contribution >= 4 is 28.8 Å². The predicted octanol–water partition coefficient (Wildman–Crippen LogP) is 1.97. The van der Waals surface area contributed by atoms with Gasteiger partial charge in [-0.1, -0.05) is 17.7 Å². The number of halogens is 1. The molecule has 1 rings (SSSR count). The van der Waals surface area contributed by atoms with Crippen LogP contribution in [0.2, 0.25) is 5.02 Å². The van der Waals surface area contributed by atoms with Gasteiger partial charge in [0.05, 0.1) is 17.3 Å². The first-order valence-electron chi connectivity index (χ1n) is 5.09. The fourth-order valence-electron chi connectivity index (χ4n) is 1.15. The standard InChI is InChI=1S/C11H12ClN5O/c1-2-18-10-7(12)4-3-5-8(10)16-17-9(6-13)11(14)15/h3-5,16H,2H2,1H3,(H3,14,15)/b17-9+. The van der Waals surface area contributed by atoms with Gasteiger partial charge in [-0.2, -0.15) is 10.4 Å². The number of benzene rings is 1. The molecule has 0 saturated carbocycles. The fourth-order valence-corrected chi connectivity index (χ4v) is 1.38. The molecule has 6 nitrogen and oxygen atoms in total. The van der Waals surface area contributed by atoms with Gasteiger partial charge in [0.1, 0.15) is 6.07 Å². The first-order chi connectivity index (χ1) is 8.60. The number of nitrogens with two attached hydrogens (primary N) is 1. The molecule has 7 heteroatoms. The fraction of sp³-hybridized carbons (Fsp3) is 0.182. The summed E-state index contributed by atoms with van der Waals surface area (Å²) in [5, 5.41) is 20.0. The van der Waals surface area contributed by atoms with Gasteiger partial charge >= 0.3 is 0 Å². The Kier molecular flexibility index (Phi) is 4.96. The van der Waals surface area contributed by atoms with E-state index in [1.54, 1.807) is 24.3 Å². The average molecular weight is 266 g/mol. The van der Waals surface area contributed by atoms with Gasteiger partial charge in [-0.05, 0) is 19.1 Å². The van der Waals surface area contributed by atoms with E-state index in [1.165, 1.54) is 0 Å². The van der Waals surface area contributed by atoms with Crippen LogP contribution in [-0.2, 0) is 0 Å². The molecule has 0 unspecified atom stereocenters. The Morgan fingerprint density at radius 3 is 2.94 bits per heavy atom. The summed E-state index contributed by atoms with van der Waals surface area (Å²) in [5.74, 6) is 0.0243. The highest BCUT2D eigenvalue weighted by Gasteiger charge is 2.08. The van der Waals surface area contributed by atoms with Gasteiger partial charge < -0.3 is 10.5 Å². The molecule has 0 amide bonds. The minimum atomic E-state index is -0.412. The third-order valence-corrected chi connectivity index (χ3v) is 2.20. The van der Waals surface area contributed by atoms with Crippen LogP contribution in [0.25, 0.3) is 0 Å². The first kappa shape index (κ1) is 13.8. The third-order valence-electron chi connectivity index (χ3n) is 1.90. The molecule has 0 heterocycles. The lowest BCUT2D eigenvalue weighted by Gasteiger charge is -2.10. The summed E-state index contributed by atoms with van der Waals surface area (Å²) >= 11 is 5.97. The zero-order valence-electron chi connectivity index (χ0n) is 9.70. The van der Waals surface area contributed by atoms with Crippen molar-refractivity contribution in [1.82, 2.24) is 0 Å². The lowest BCUT2D eigenvalue weighted by Crippen LogP contribution is -2.21. The molecule has 0 aromatic heterocycles. The molecule has 94 valence electrons. The Morgan fingerprint density at radius 2 is 2.39 bits per heavy atom. The van der Waals surface area contributed by atoms with E-state index in [1.807, 2.05) is 6.92 Å². The Bertz CT molecular complexity index is 521. The van der Waals surface area contributed by atoms with Crippen molar-refractivity contribution < 1.29 is 4.74 Å². The van der Waals surface area contributed by atoms with Gasteiger partial charge in [0.15, 0.2) is 11.6 Å². The van der Waals surface area contributed by atoms with E-state index in [9.17, 15) is 0 Å². The Labute approximate surface area is 110 Å². The second kappa shape index (κ2) is 6.47. The molecular formula is C11H12ClN5O. The smallest absolute Gasteiger partial charge is 0.201 e. The van der Waals surface area contributed by atoms with Crippen LogP contribution in [0.4, 0.5) is 5.69 Å². The van der Waals surface area contributed by atoms with Crippen molar-refractivity contribution in [2.24, 2.45) is 10.8 Å². The van der Waals surface area contributed by atoms with Crippen LogP contribution >= 0.6 is 11.6 Å². The van der Waals surface area contributed by atoms with E-state index in [2.05, 4.69) is 10.5 Å². The Morgan fingerprint density at radius 1 is 1.67 bits per heavy atom. The molecule has 0 saturated heterocycles. The zero-order valence-corrected chi connectivity index (χ0v) is 10.5. The largest absolute Gasteiger partial charge is 0.490 e. The number of para-hydroxylation sites is 1. The van der Waals surface area contributed by atoms with Gasteiger partial charge in [-0.15, -0.1) is 0 Å². The number of nitrogens with one attached hydrogen (secondary N) is 2. The molecule has 0 aliphatic rings. The number of amidine groups is 1. The minimum Gasteiger partial charge on any atom is -0.490 e. The van der Waals surface area contributed by atoms with Crippen molar-refractivity contribution in [1.29, 1.82) is 10.7 Å². The molecule has 0 bridgehead atoms.